The summed E-state index contributed by atoms with van der Waals surface area (Å²) >= 11 is 26.5. The number of hydrazine groups is 1. The van der Waals surface area contributed by atoms with Gasteiger partial charge >= 0.3 is 71.3 Å². The van der Waals surface area contributed by atoms with Gasteiger partial charge in [0.25, 0.3) is 3.79 Å². The number of esters is 7. The van der Waals surface area contributed by atoms with Crippen LogP contribution in [0.2, 0.25) is 0 Å². The van der Waals surface area contributed by atoms with Crippen molar-refractivity contribution in [3.05, 3.63) is 35.8 Å². The van der Waals surface area contributed by atoms with Crippen molar-refractivity contribution in [2.75, 3.05) is 80.1 Å². The molecule has 0 aromatic rings. The van der Waals surface area contributed by atoms with E-state index >= 15 is 0 Å². The second kappa shape index (κ2) is 65.8. The third kappa shape index (κ3) is 49.9. The van der Waals surface area contributed by atoms with E-state index in [1.807, 2.05) is 41.5 Å². The van der Waals surface area contributed by atoms with Gasteiger partial charge in [0.2, 0.25) is 18.5 Å². The summed E-state index contributed by atoms with van der Waals surface area (Å²) in [5.41, 5.74) is 24.0. The summed E-state index contributed by atoms with van der Waals surface area (Å²) in [7, 11) is 1.75. The van der Waals surface area contributed by atoms with Crippen LogP contribution >= 0.6 is 58.0 Å². The minimum Gasteiger partial charge on any atom is -0.857 e. The Bertz CT molecular complexity index is 2700. The Kier molecular flexibility index (Phi) is 69.5. The Labute approximate surface area is 661 Å². The molecule has 0 radical (unpaired) electrons. The summed E-state index contributed by atoms with van der Waals surface area (Å²) < 4.78 is 72.1. The van der Waals surface area contributed by atoms with Crippen LogP contribution in [0.15, 0.2) is 19.8 Å². The predicted molar refractivity (Wildman–Crippen MR) is 372 cm³/mol. The standard InChI is InChI=1S/C15H25N3O6.C14H20Cl3NO6.C14H22O7.C9H17N3O6.C3H7N3O.C2HCl2N.CH4O.CH3O.H4N2.Na/c1-9-10(2)14(23-12(4)20)15(21-7-5-6-17-18-16)24-13(9)8-22-11(3)19;1-6-7(2)11(22-9(4)20)12(24-13(18)14(15,16)17)23-10(6)5-21-8(3)19;1-7-8(2)13(19-10(4)16)14(20-11(5)17)21-12(7)6-18-9(3)15;10-12-11-2-1-3-17-9-8(16)7(15)6(14)5(4-13)18-9;4-6-5-2-1-3-7;3-2(4)1-5;3*1-2;/h9-10,13-15H,5-8H2,1-4H3;6-7,10-12,18H,5H2,1-4H3;7-8,12-14H,6H2,1-5H3;5-9,13-16H,1-4H2;7H,1-3H2;5H;2H,1H3;1H3;1-2H2;/q;;;;;;;-1;;+1. The molecule has 106 heavy (non-hydrogen) atoms. The summed E-state index contributed by atoms with van der Waals surface area (Å²) in [6, 6.07) is 0. The molecular weight excluding hydrogens is 1540 g/mol. The van der Waals surface area contributed by atoms with Gasteiger partial charge < -0.3 is 102 Å². The monoisotopic (exact) mass is 1640 g/mol. The van der Waals surface area contributed by atoms with Gasteiger partial charge in [-0.3, -0.25) is 56.1 Å². The van der Waals surface area contributed by atoms with Crippen molar-refractivity contribution < 1.29 is 165 Å². The van der Waals surface area contributed by atoms with Crippen molar-refractivity contribution in [1.29, 1.82) is 10.8 Å². The largest absolute Gasteiger partial charge is 1.00 e. The van der Waals surface area contributed by atoms with Gasteiger partial charge in [0.05, 0.1) is 31.5 Å². The third-order valence-corrected chi connectivity index (χ3v) is 15.2. The first-order valence-electron chi connectivity index (χ1n) is 31.7. The van der Waals surface area contributed by atoms with Crippen LogP contribution in [-0.4, -0.2) is 254 Å². The van der Waals surface area contributed by atoms with E-state index in [2.05, 4.69) is 41.8 Å². The number of halogens is 5. The van der Waals surface area contributed by atoms with Gasteiger partial charge in [0.15, 0.2) is 35.4 Å². The van der Waals surface area contributed by atoms with E-state index in [1.54, 1.807) is 5.87 Å². The van der Waals surface area contributed by atoms with Crippen LogP contribution in [0.1, 0.15) is 109 Å². The fraction of sp³-hybridized carbons (Fsp3) is 0.831. The molecule has 4 heterocycles. The van der Waals surface area contributed by atoms with Crippen molar-refractivity contribution in [3.63, 3.8) is 0 Å². The fourth-order valence-electron chi connectivity index (χ4n) is 8.83. The zero-order chi connectivity index (χ0) is 82.3. The Morgan fingerprint density at radius 2 is 0.792 bits per heavy atom. The van der Waals surface area contributed by atoms with Crippen molar-refractivity contribution in [2.24, 2.45) is 62.5 Å². The number of rotatable bonds is 25. The summed E-state index contributed by atoms with van der Waals surface area (Å²) in [6.07, 6.45) is -11.1. The van der Waals surface area contributed by atoms with E-state index in [1.165, 1.54) is 48.5 Å². The van der Waals surface area contributed by atoms with E-state index in [-0.39, 0.29) is 121 Å². The number of nitrogens with one attached hydrogen (secondary N) is 2. The molecule has 0 spiro atoms. The molecule has 0 aliphatic carbocycles. The molecule has 4 aliphatic rings. The van der Waals surface area contributed by atoms with Crippen molar-refractivity contribution >= 4 is 112 Å². The number of aliphatic hydroxyl groups excluding tert-OH is 6. The number of carbonyl (C=O) groups is 7. The molecule has 4 aliphatic heterocycles. The molecule has 4 saturated heterocycles. The van der Waals surface area contributed by atoms with Crippen LogP contribution < -0.4 is 46.3 Å². The summed E-state index contributed by atoms with van der Waals surface area (Å²) in [5.74, 6) is 5.35. The quantitative estimate of drug-likeness (QED) is 0.00499. The number of ether oxygens (including phenoxy) is 14. The van der Waals surface area contributed by atoms with E-state index in [4.69, 9.17) is 172 Å². The average Bonchev–Trinajstić information content (AvgIpc) is 0.824. The SMILES string of the molecule is CC(=O)OCC1OC(OC(=N)C(Cl)(Cl)Cl)C(OC(C)=O)C(C)C1C.CC(=O)OCC1OC(OC(C)=O)C(OC(C)=O)C(C)C1C.CC(=O)OCC1OC(OCCCN=[N+]=[N-])C(OC(C)=O)C(C)C1C.CO.C[O-].N=C=C(Cl)Cl.NN.[N-]=[N+]=NCCCO.[N-]=[N+]=NCCCOC1OC(CO)C(O)C(O)C1O.[Na+]. The van der Waals surface area contributed by atoms with Gasteiger partial charge in [-0.2, -0.15) is 7.11 Å². The first kappa shape index (κ1) is 112. The first-order chi connectivity index (χ1) is 49.3. The van der Waals surface area contributed by atoms with Crippen LogP contribution in [0.5, 0.6) is 0 Å². The second-order valence-corrected chi connectivity index (χ2v) is 25.2. The molecule has 20 unspecified atom stereocenters. The molecule has 4 fully saturated rings. The van der Waals surface area contributed by atoms with Crippen LogP contribution in [0.4, 0.5) is 0 Å². The molecule has 4 rings (SSSR count). The second-order valence-electron chi connectivity index (χ2n) is 21.9. The van der Waals surface area contributed by atoms with Gasteiger partial charge in [-0.25, -0.2) is 0 Å². The van der Waals surface area contributed by atoms with E-state index in [0.717, 1.165) is 14.2 Å². The minimum atomic E-state index is -2.08. The van der Waals surface area contributed by atoms with Crippen molar-refractivity contribution in [1.82, 2.24) is 0 Å². The number of nitrogens with zero attached hydrogens (tertiary/aromatic N) is 9. The maximum absolute atomic E-state index is 11.4. The molecule has 12 N–H and O–H groups in total. The zero-order valence-corrected chi connectivity index (χ0v) is 67.8. The third-order valence-electron chi connectivity index (χ3n) is 14.5. The van der Waals surface area contributed by atoms with Crippen molar-refractivity contribution in [2.45, 2.75) is 199 Å². The number of carbonyl (C=O) groups excluding carboxylic acids is 7. The Morgan fingerprint density at radius 1 is 0.500 bits per heavy atom. The predicted octanol–water partition coefficient (Wildman–Crippen LogP) is 1.22. The molecule has 0 aromatic heterocycles. The maximum atomic E-state index is 11.4. The van der Waals surface area contributed by atoms with Gasteiger partial charge in [0.1, 0.15) is 44.2 Å². The normalized spacial score (nSPS) is 27.0. The molecule has 608 valence electrons. The summed E-state index contributed by atoms with van der Waals surface area (Å²) in [5, 5.41) is 84.6. The molecule has 20 atom stereocenters. The van der Waals surface area contributed by atoms with Crippen molar-refractivity contribution in [3.8, 4) is 0 Å². The zero-order valence-electron chi connectivity index (χ0n) is 62.0. The van der Waals surface area contributed by atoms with Gasteiger partial charge in [0, 0.05) is 127 Å². The van der Waals surface area contributed by atoms with E-state index in [9.17, 15) is 48.9 Å². The summed E-state index contributed by atoms with van der Waals surface area (Å²) in [6.45, 7) is 21.6. The van der Waals surface area contributed by atoms with Gasteiger partial charge in [-0.05, 0) is 53.6 Å². The van der Waals surface area contributed by atoms with Crippen LogP contribution in [0.3, 0.4) is 0 Å². The molecule has 0 bridgehead atoms. The fourth-order valence-corrected chi connectivity index (χ4v) is 8.97. The molecular formula is C59H103Cl5N13NaO28. The molecule has 41 nitrogen and oxygen atoms in total. The Morgan fingerprint density at radius 3 is 1.08 bits per heavy atom. The minimum absolute atomic E-state index is 0. The number of alkyl halides is 3. The molecule has 0 aromatic carbocycles. The Hall–Kier alpha value is -5.01. The van der Waals surface area contributed by atoms with E-state index < -0.39 is 132 Å². The topological polar surface area (TPSA) is 639 Å². The van der Waals surface area contributed by atoms with Gasteiger partial charge in [-0.15, -0.1) is 0 Å². The number of hydrogen-bond donors (Lipinski definition) is 10. The number of azide groups is 3. The molecule has 0 amide bonds. The van der Waals surface area contributed by atoms with Crippen LogP contribution in [0.25, 0.3) is 31.3 Å². The van der Waals surface area contributed by atoms with Crippen LogP contribution in [-0.2, 0) is 99.9 Å². The maximum Gasteiger partial charge on any atom is 1.00 e. The number of hydrogen-bond acceptors (Lipinski definition) is 35. The molecule has 0 saturated carbocycles. The molecule has 47 heteroatoms. The van der Waals surface area contributed by atoms with E-state index in [0.29, 0.717) is 39.0 Å². The van der Waals surface area contributed by atoms with Crippen LogP contribution in [0, 0.1) is 46.3 Å². The summed E-state index contributed by atoms with van der Waals surface area (Å²) in [4.78, 5) is 85.8. The number of nitrogens with two attached hydrogens (primary N) is 2. The smallest absolute Gasteiger partial charge is 0.857 e. The van der Waals surface area contributed by atoms with Gasteiger partial charge in [-0.1, -0.05) is 115 Å². The first-order valence-corrected chi connectivity index (χ1v) is 33.6. The number of aliphatic hydroxyl groups is 6. The Balaban J connectivity index is -0.000000292. The average molecular weight is 1640 g/mol.